The van der Waals surface area contributed by atoms with Crippen molar-refractivity contribution >= 4 is 34.5 Å². The van der Waals surface area contributed by atoms with E-state index in [1.807, 2.05) is 24.3 Å². The van der Waals surface area contributed by atoms with Crippen LogP contribution in [-0.4, -0.2) is 29.9 Å². The highest BCUT2D eigenvalue weighted by atomic mass is 32.2. The Morgan fingerprint density at radius 3 is 2.79 bits per heavy atom. The van der Waals surface area contributed by atoms with Crippen molar-refractivity contribution in [2.45, 2.75) is 6.92 Å². The van der Waals surface area contributed by atoms with Crippen LogP contribution < -0.4 is 0 Å². The minimum atomic E-state index is -0.301. The van der Waals surface area contributed by atoms with Crippen LogP contribution in [0.1, 0.15) is 17.5 Å². The fourth-order valence-corrected chi connectivity index (χ4v) is 2.30. The van der Waals surface area contributed by atoms with Crippen molar-refractivity contribution in [3.63, 3.8) is 0 Å². The van der Waals surface area contributed by atoms with Crippen molar-refractivity contribution in [2.75, 3.05) is 18.1 Å². The van der Waals surface area contributed by atoms with Crippen molar-refractivity contribution in [1.29, 1.82) is 0 Å². The van der Waals surface area contributed by atoms with Gasteiger partial charge in [0.2, 0.25) is 5.78 Å². The van der Waals surface area contributed by atoms with E-state index in [9.17, 15) is 9.59 Å². The highest BCUT2D eigenvalue weighted by molar-refractivity contribution is 8.00. The molecule has 0 spiro atoms. The van der Waals surface area contributed by atoms with Crippen molar-refractivity contribution in [3.8, 4) is 0 Å². The van der Waals surface area contributed by atoms with Gasteiger partial charge in [0.1, 0.15) is 5.58 Å². The Bertz CT molecular complexity index is 555. The third kappa shape index (κ3) is 3.61. The van der Waals surface area contributed by atoms with Gasteiger partial charge in [-0.1, -0.05) is 18.2 Å². The van der Waals surface area contributed by atoms with E-state index in [2.05, 4.69) is 0 Å². The second kappa shape index (κ2) is 6.43. The van der Waals surface area contributed by atoms with Gasteiger partial charge in [0.05, 0.1) is 18.1 Å². The lowest BCUT2D eigenvalue weighted by atomic mass is 10.2. The van der Waals surface area contributed by atoms with E-state index in [-0.39, 0.29) is 23.3 Å². The lowest BCUT2D eigenvalue weighted by Crippen LogP contribution is -2.09. The highest BCUT2D eigenvalue weighted by Gasteiger charge is 2.13. The van der Waals surface area contributed by atoms with Crippen LogP contribution in [0.25, 0.3) is 11.0 Å². The quantitative estimate of drug-likeness (QED) is 0.600. The predicted octanol–water partition coefficient (Wildman–Crippen LogP) is 2.91. The topological polar surface area (TPSA) is 56.5 Å². The largest absolute Gasteiger partial charge is 0.465 e. The molecule has 19 heavy (non-hydrogen) atoms. The molecule has 0 fully saturated rings. The number of ketones is 1. The minimum Gasteiger partial charge on any atom is -0.465 e. The molecule has 2 rings (SSSR count). The van der Waals surface area contributed by atoms with E-state index < -0.39 is 0 Å². The first-order valence-electron chi connectivity index (χ1n) is 5.96. The van der Waals surface area contributed by atoms with E-state index in [0.717, 1.165) is 5.39 Å². The maximum absolute atomic E-state index is 11.9. The molecule has 0 saturated heterocycles. The number of para-hydroxylation sites is 1. The van der Waals surface area contributed by atoms with Crippen LogP contribution in [0.5, 0.6) is 0 Å². The average molecular weight is 278 g/mol. The fourth-order valence-electron chi connectivity index (χ4n) is 1.62. The Kier molecular flexibility index (Phi) is 4.63. The Morgan fingerprint density at radius 2 is 2.05 bits per heavy atom. The molecule has 0 bridgehead atoms. The standard InChI is InChI=1S/C14H14O4S/c1-2-17-14(16)9-19-8-11(15)13-7-10-5-3-4-6-12(10)18-13/h3-7H,2,8-9H2,1H3. The number of ether oxygens (including phenoxy) is 1. The number of benzene rings is 1. The first-order chi connectivity index (χ1) is 9.20. The van der Waals surface area contributed by atoms with Gasteiger partial charge in [0.25, 0.3) is 0 Å². The zero-order valence-corrected chi connectivity index (χ0v) is 11.4. The summed E-state index contributed by atoms with van der Waals surface area (Å²) < 4.78 is 10.2. The maximum atomic E-state index is 11.9. The summed E-state index contributed by atoms with van der Waals surface area (Å²) in [5, 5.41) is 0.904. The molecule has 1 aromatic carbocycles. The number of fused-ring (bicyclic) bond motifs is 1. The van der Waals surface area contributed by atoms with Crippen LogP contribution in [0.4, 0.5) is 0 Å². The van der Waals surface area contributed by atoms with Gasteiger partial charge in [0.15, 0.2) is 5.76 Å². The van der Waals surface area contributed by atoms with Crippen molar-refractivity contribution in [3.05, 3.63) is 36.1 Å². The van der Waals surface area contributed by atoms with Gasteiger partial charge in [0, 0.05) is 5.39 Å². The van der Waals surface area contributed by atoms with Crippen LogP contribution in [0.3, 0.4) is 0 Å². The zero-order valence-electron chi connectivity index (χ0n) is 10.5. The number of Topliss-reactive ketones (excluding diaryl/α,β-unsaturated/α-hetero) is 1. The molecule has 0 unspecified atom stereocenters. The van der Waals surface area contributed by atoms with E-state index >= 15 is 0 Å². The van der Waals surface area contributed by atoms with Crippen molar-refractivity contribution < 1.29 is 18.7 Å². The average Bonchev–Trinajstić information content (AvgIpc) is 2.82. The molecule has 100 valence electrons. The Morgan fingerprint density at radius 1 is 1.26 bits per heavy atom. The number of carbonyl (C=O) groups is 2. The first kappa shape index (κ1) is 13.7. The Balaban J connectivity index is 1.91. The molecule has 2 aromatic rings. The van der Waals surface area contributed by atoms with Crippen molar-refractivity contribution in [2.24, 2.45) is 0 Å². The molecule has 0 N–H and O–H groups in total. The molecule has 0 aliphatic rings. The third-order valence-corrected chi connectivity index (χ3v) is 3.36. The number of thioether (sulfide) groups is 1. The lowest BCUT2D eigenvalue weighted by molar-refractivity contribution is -0.139. The number of hydrogen-bond acceptors (Lipinski definition) is 5. The first-order valence-corrected chi connectivity index (χ1v) is 7.11. The van der Waals surface area contributed by atoms with Crippen LogP contribution in [0.15, 0.2) is 34.7 Å². The number of carbonyl (C=O) groups excluding carboxylic acids is 2. The van der Waals surface area contributed by atoms with Gasteiger partial charge in [-0.15, -0.1) is 11.8 Å². The SMILES string of the molecule is CCOC(=O)CSCC(=O)c1cc2ccccc2o1. The third-order valence-electron chi connectivity index (χ3n) is 2.46. The van der Waals surface area contributed by atoms with Crippen molar-refractivity contribution in [1.82, 2.24) is 0 Å². The van der Waals surface area contributed by atoms with Crippen LogP contribution in [0.2, 0.25) is 0 Å². The molecule has 1 heterocycles. The van der Waals surface area contributed by atoms with Crippen LogP contribution in [0, 0.1) is 0 Å². The van der Waals surface area contributed by atoms with Gasteiger partial charge in [-0.25, -0.2) is 0 Å². The van der Waals surface area contributed by atoms with Gasteiger partial charge < -0.3 is 9.15 Å². The number of esters is 1. The van der Waals surface area contributed by atoms with E-state index in [1.54, 1.807) is 13.0 Å². The summed E-state index contributed by atoms with van der Waals surface area (Å²) in [5.41, 5.74) is 0.696. The second-order valence-electron chi connectivity index (χ2n) is 3.87. The molecule has 0 amide bonds. The molecule has 0 aliphatic heterocycles. The minimum absolute atomic E-state index is 0.120. The zero-order chi connectivity index (χ0) is 13.7. The summed E-state index contributed by atoms with van der Waals surface area (Å²) in [6.45, 7) is 2.11. The molecule has 5 heteroatoms. The fraction of sp³-hybridized carbons (Fsp3) is 0.286. The second-order valence-corrected chi connectivity index (χ2v) is 4.86. The van der Waals surface area contributed by atoms with Crippen LogP contribution in [-0.2, 0) is 9.53 Å². The summed E-state index contributed by atoms with van der Waals surface area (Å²) >= 11 is 1.23. The molecule has 1 aromatic heterocycles. The van der Waals surface area contributed by atoms with E-state index in [0.29, 0.717) is 18.0 Å². The summed E-state index contributed by atoms with van der Waals surface area (Å²) in [6.07, 6.45) is 0. The summed E-state index contributed by atoms with van der Waals surface area (Å²) in [4.78, 5) is 23.0. The summed E-state index contributed by atoms with van der Waals surface area (Å²) in [5.74, 6) is 0.297. The van der Waals surface area contributed by atoms with Gasteiger partial charge >= 0.3 is 5.97 Å². The molecule has 0 saturated carbocycles. The monoisotopic (exact) mass is 278 g/mol. The molecule has 0 radical (unpaired) electrons. The Labute approximate surface area is 115 Å². The van der Waals surface area contributed by atoms with Gasteiger partial charge in [-0.05, 0) is 19.1 Å². The maximum Gasteiger partial charge on any atom is 0.315 e. The molecule has 4 nitrogen and oxygen atoms in total. The molecule has 0 aliphatic carbocycles. The molecular weight excluding hydrogens is 264 g/mol. The molecular formula is C14H14O4S. The summed E-state index contributed by atoms with van der Waals surface area (Å²) in [7, 11) is 0. The predicted molar refractivity (Wildman–Crippen MR) is 74.5 cm³/mol. The van der Waals surface area contributed by atoms with E-state index in [4.69, 9.17) is 9.15 Å². The lowest BCUT2D eigenvalue weighted by Gasteiger charge is -2.00. The van der Waals surface area contributed by atoms with Gasteiger partial charge in [-0.3, -0.25) is 9.59 Å². The summed E-state index contributed by atoms with van der Waals surface area (Å²) in [6, 6.07) is 9.18. The Hall–Kier alpha value is -1.75. The smallest absolute Gasteiger partial charge is 0.315 e. The normalized spacial score (nSPS) is 10.6. The number of furan rings is 1. The number of hydrogen-bond donors (Lipinski definition) is 0. The number of rotatable bonds is 6. The molecule has 0 atom stereocenters. The van der Waals surface area contributed by atoms with Gasteiger partial charge in [-0.2, -0.15) is 0 Å². The van der Waals surface area contributed by atoms with E-state index in [1.165, 1.54) is 11.8 Å². The highest BCUT2D eigenvalue weighted by Crippen LogP contribution is 2.20. The van der Waals surface area contributed by atoms with Crippen LogP contribution >= 0.6 is 11.8 Å².